The Labute approximate surface area is 162 Å². The molecule has 0 bridgehead atoms. The van der Waals surface area contributed by atoms with Crippen LogP contribution >= 0.6 is 0 Å². The van der Waals surface area contributed by atoms with Crippen LogP contribution in [0, 0.1) is 17.1 Å². The molecular formula is C20H13F4N3O2. The molecule has 0 atom stereocenters. The minimum atomic E-state index is -4.55. The Balaban J connectivity index is 2.10. The van der Waals surface area contributed by atoms with Crippen LogP contribution in [-0.2, 0) is 0 Å². The number of ether oxygens (including phenoxy) is 1. The molecule has 29 heavy (non-hydrogen) atoms. The van der Waals surface area contributed by atoms with E-state index < -0.39 is 24.5 Å². The molecule has 0 saturated heterocycles. The topological polar surface area (TPSA) is 81.0 Å². The SMILES string of the molecule is N#Cc1cc(-c2c(C(N)=O)ccn2-c2ccc(F)cc2)ccc1OCC(F)(F)F. The van der Waals surface area contributed by atoms with Gasteiger partial charge in [0.1, 0.15) is 17.6 Å². The third-order valence-corrected chi connectivity index (χ3v) is 4.02. The van der Waals surface area contributed by atoms with Gasteiger partial charge >= 0.3 is 6.18 Å². The minimum absolute atomic E-state index is 0.127. The van der Waals surface area contributed by atoms with Crippen LogP contribution < -0.4 is 10.5 Å². The van der Waals surface area contributed by atoms with E-state index in [4.69, 9.17) is 5.73 Å². The van der Waals surface area contributed by atoms with Gasteiger partial charge in [-0.1, -0.05) is 0 Å². The fourth-order valence-electron chi connectivity index (χ4n) is 2.79. The Morgan fingerprint density at radius 2 is 1.83 bits per heavy atom. The molecule has 9 heteroatoms. The summed E-state index contributed by atoms with van der Waals surface area (Å²) in [7, 11) is 0. The summed E-state index contributed by atoms with van der Waals surface area (Å²) in [6.07, 6.45) is -3.01. The number of carbonyl (C=O) groups excluding carboxylic acids is 1. The number of benzene rings is 2. The molecule has 1 amide bonds. The second-order valence-corrected chi connectivity index (χ2v) is 6.02. The summed E-state index contributed by atoms with van der Waals surface area (Å²) in [6, 6.07) is 12.6. The van der Waals surface area contributed by atoms with Crippen LogP contribution in [0.4, 0.5) is 17.6 Å². The molecule has 0 aliphatic heterocycles. The summed E-state index contributed by atoms with van der Waals surface area (Å²) in [5, 5.41) is 9.31. The molecule has 0 aliphatic rings. The monoisotopic (exact) mass is 403 g/mol. The first-order valence-electron chi connectivity index (χ1n) is 8.21. The van der Waals surface area contributed by atoms with Gasteiger partial charge in [0, 0.05) is 17.4 Å². The molecule has 1 aromatic heterocycles. The number of amides is 1. The molecular weight excluding hydrogens is 390 g/mol. The normalized spacial score (nSPS) is 11.1. The van der Waals surface area contributed by atoms with Gasteiger partial charge in [0.25, 0.3) is 5.91 Å². The quantitative estimate of drug-likeness (QED) is 0.649. The first-order valence-corrected chi connectivity index (χ1v) is 8.21. The summed E-state index contributed by atoms with van der Waals surface area (Å²) in [6.45, 7) is -1.54. The van der Waals surface area contributed by atoms with Gasteiger partial charge in [-0.05, 0) is 48.5 Å². The number of hydrogen-bond donors (Lipinski definition) is 1. The summed E-state index contributed by atoms with van der Waals surface area (Å²) >= 11 is 0. The van der Waals surface area contributed by atoms with E-state index in [-0.39, 0.29) is 16.9 Å². The lowest BCUT2D eigenvalue weighted by Gasteiger charge is -2.14. The number of alkyl halides is 3. The maximum absolute atomic E-state index is 13.2. The van der Waals surface area contributed by atoms with Crippen molar-refractivity contribution in [2.24, 2.45) is 5.73 Å². The zero-order chi connectivity index (χ0) is 21.2. The van der Waals surface area contributed by atoms with E-state index in [1.165, 1.54) is 48.5 Å². The predicted octanol–water partition coefficient (Wildman–Crippen LogP) is 4.20. The Kier molecular flexibility index (Phi) is 5.28. The lowest BCUT2D eigenvalue weighted by Crippen LogP contribution is -2.19. The Morgan fingerprint density at radius 3 is 2.41 bits per heavy atom. The number of hydrogen-bond acceptors (Lipinski definition) is 3. The number of carbonyl (C=O) groups is 1. The van der Waals surface area contributed by atoms with Crippen LogP contribution in [0.2, 0.25) is 0 Å². The molecule has 0 aliphatic carbocycles. The van der Waals surface area contributed by atoms with Crippen molar-refractivity contribution in [2.45, 2.75) is 6.18 Å². The average molecular weight is 403 g/mol. The van der Waals surface area contributed by atoms with Crippen LogP contribution in [0.15, 0.2) is 54.7 Å². The second kappa shape index (κ2) is 7.67. The van der Waals surface area contributed by atoms with Crippen LogP contribution in [0.5, 0.6) is 5.75 Å². The molecule has 1 heterocycles. The van der Waals surface area contributed by atoms with Crippen molar-refractivity contribution >= 4 is 5.91 Å². The predicted molar refractivity (Wildman–Crippen MR) is 95.9 cm³/mol. The number of aromatic nitrogens is 1. The number of nitrogens with zero attached hydrogens (tertiary/aromatic N) is 2. The van der Waals surface area contributed by atoms with Crippen molar-refractivity contribution in [1.82, 2.24) is 4.57 Å². The fraction of sp³-hybridized carbons (Fsp3) is 0.100. The average Bonchev–Trinajstić information content (AvgIpc) is 3.11. The number of nitriles is 1. The molecule has 0 fully saturated rings. The molecule has 2 N–H and O–H groups in total. The molecule has 0 saturated carbocycles. The molecule has 3 aromatic rings. The lowest BCUT2D eigenvalue weighted by molar-refractivity contribution is -0.153. The highest BCUT2D eigenvalue weighted by Crippen LogP contribution is 2.32. The van der Waals surface area contributed by atoms with E-state index in [2.05, 4.69) is 4.74 Å². The lowest BCUT2D eigenvalue weighted by atomic mass is 10.0. The Morgan fingerprint density at radius 1 is 1.14 bits per heavy atom. The summed E-state index contributed by atoms with van der Waals surface area (Å²) < 4.78 is 56.7. The Hall–Kier alpha value is -3.80. The molecule has 5 nitrogen and oxygen atoms in total. The smallest absolute Gasteiger partial charge is 0.422 e. The fourth-order valence-corrected chi connectivity index (χ4v) is 2.79. The van der Waals surface area contributed by atoms with Crippen LogP contribution in [-0.4, -0.2) is 23.3 Å². The highest BCUT2D eigenvalue weighted by atomic mass is 19.4. The largest absolute Gasteiger partial charge is 0.483 e. The maximum Gasteiger partial charge on any atom is 0.422 e. The number of primary amides is 1. The summed E-state index contributed by atoms with van der Waals surface area (Å²) in [5.41, 5.74) is 6.60. The van der Waals surface area contributed by atoms with Gasteiger partial charge in [-0.3, -0.25) is 4.79 Å². The van der Waals surface area contributed by atoms with Crippen molar-refractivity contribution in [2.75, 3.05) is 6.61 Å². The first-order chi connectivity index (χ1) is 13.7. The summed E-state index contributed by atoms with van der Waals surface area (Å²) in [5.74, 6) is -1.43. The first kappa shape index (κ1) is 19.9. The van der Waals surface area contributed by atoms with Crippen molar-refractivity contribution in [3.8, 4) is 28.8 Å². The maximum atomic E-state index is 13.2. The highest BCUT2D eigenvalue weighted by molar-refractivity contribution is 5.99. The van der Waals surface area contributed by atoms with E-state index >= 15 is 0 Å². The molecule has 2 aromatic carbocycles. The van der Waals surface area contributed by atoms with E-state index in [9.17, 15) is 27.6 Å². The Bertz CT molecular complexity index is 1100. The van der Waals surface area contributed by atoms with Crippen LogP contribution in [0.3, 0.4) is 0 Å². The molecule has 0 unspecified atom stereocenters. The molecule has 148 valence electrons. The standard InChI is InChI=1S/C20H13F4N3O2/c21-14-2-4-15(5-3-14)27-8-7-16(19(26)28)18(27)12-1-6-17(13(9-12)10-25)29-11-20(22,23)24/h1-9H,11H2,(H2,26,28). The number of halogens is 4. The van der Waals surface area contributed by atoms with Crippen molar-refractivity contribution in [1.29, 1.82) is 5.26 Å². The van der Waals surface area contributed by atoms with Gasteiger partial charge in [-0.2, -0.15) is 18.4 Å². The van der Waals surface area contributed by atoms with E-state index in [0.29, 0.717) is 16.9 Å². The zero-order valence-electron chi connectivity index (χ0n) is 14.7. The summed E-state index contributed by atoms with van der Waals surface area (Å²) in [4.78, 5) is 11.9. The third kappa shape index (κ3) is 4.38. The van der Waals surface area contributed by atoms with E-state index in [0.717, 1.165) is 0 Å². The molecule has 0 spiro atoms. The van der Waals surface area contributed by atoms with Gasteiger partial charge < -0.3 is 15.0 Å². The molecule has 3 rings (SSSR count). The van der Waals surface area contributed by atoms with Crippen molar-refractivity contribution in [3.05, 3.63) is 71.7 Å². The van der Waals surface area contributed by atoms with Gasteiger partial charge in [-0.15, -0.1) is 0 Å². The van der Waals surface area contributed by atoms with Gasteiger partial charge in [0.05, 0.1) is 16.8 Å². The van der Waals surface area contributed by atoms with Crippen LogP contribution in [0.1, 0.15) is 15.9 Å². The third-order valence-electron chi connectivity index (χ3n) is 4.02. The zero-order valence-corrected chi connectivity index (χ0v) is 14.7. The van der Waals surface area contributed by atoms with Crippen molar-refractivity contribution in [3.63, 3.8) is 0 Å². The van der Waals surface area contributed by atoms with Gasteiger partial charge in [0.2, 0.25) is 0 Å². The highest BCUT2D eigenvalue weighted by Gasteiger charge is 2.29. The number of rotatable bonds is 5. The van der Waals surface area contributed by atoms with Gasteiger partial charge in [-0.25, -0.2) is 4.39 Å². The van der Waals surface area contributed by atoms with Crippen LogP contribution in [0.25, 0.3) is 16.9 Å². The van der Waals surface area contributed by atoms with E-state index in [1.807, 2.05) is 0 Å². The van der Waals surface area contributed by atoms with Gasteiger partial charge in [0.15, 0.2) is 6.61 Å². The minimum Gasteiger partial charge on any atom is -0.483 e. The second-order valence-electron chi connectivity index (χ2n) is 6.02. The van der Waals surface area contributed by atoms with Crippen molar-refractivity contribution < 1.29 is 27.1 Å². The number of nitrogens with two attached hydrogens (primary N) is 1. The van der Waals surface area contributed by atoms with E-state index in [1.54, 1.807) is 16.8 Å². The molecule has 0 radical (unpaired) electrons.